The third-order valence-electron chi connectivity index (χ3n) is 5.86. The van der Waals surface area contributed by atoms with E-state index in [1.165, 1.54) is 0 Å². The summed E-state index contributed by atoms with van der Waals surface area (Å²) < 4.78 is 0. The predicted octanol–water partition coefficient (Wildman–Crippen LogP) is 3.58. The first-order valence-corrected chi connectivity index (χ1v) is 11.1. The Kier molecular flexibility index (Phi) is 6.49. The predicted molar refractivity (Wildman–Crippen MR) is 119 cm³/mol. The van der Waals surface area contributed by atoms with Crippen LogP contribution in [-0.2, 0) is 4.79 Å². The number of carbonyl (C=O) groups excluding carboxylic acids is 3. The van der Waals surface area contributed by atoms with E-state index in [4.69, 9.17) is 23.2 Å². The van der Waals surface area contributed by atoms with E-state index in [0.717, 1.165) is 6.42 Å². The monoisotopic (exact) mass is 459 g/mol. The zero-order valence-electron chi connectivity index (χ0n) is 17.0. The lowest BCUT2D eigenvalue weighted by atomic mass is 10.1. The molecule has 2 saturated heterocycles. The molecule has 2 aromatic carbocycles. The highest BCUT2D eigenvalue weighted by Crippen LogP contribution is 2.25. The Morgan fingerprint density at radius 3 is 2.16 bits per heavy atom. The maximum atomic E-state index is 13.2. The van der Waals surface area contributed by atoms with Crippen molar-refractivity contribution >= 4 is 40.9 Å². The van der Waals surface area contributed by atoms with Crippen molar-refractivity contribution in [3.05, 3.63) is 69.7 Å². The lowest BCUT2D eigenvalue weighted by Crippen LogP contribution is -2.55. The van der Waals surface area contributed by atoms with E-state index < -0.39 is 6.04 Å². The number of hydrogen-bond acceptors (Lipinski definition) is 3. The van der Waals surface area contributed by atoms with E-state index in [0.29, 0.717) is 60.3 Å². The molecular weight excluding hydrogens is 437 g/mol. The van der Waals surface area contributed by atoms with Crippen LogP contribution in [0.5, 0.6) is 0 Å². The third kappa shape index (κ3) is 4.55. The van der Waals surface area contributed by atoms with E-state index in [9.17, 15) is 14.4 Å². The minimum absolute atomic E-state index is 0.0431. The summed E-state index contributed by atoms with van der Waals surface area (Å²) in [6, 6.07) is 13.4. The first-order chi connectivity index (χ1) is 15.0. The smallest absolute Gasteiger partial charge is 0.255 e. The van der Waals surface area contributed by atoms with Crippen LogP contribution in [0.15, 0.2) is 48.5 Å². The standard InChI is InChI=1S/C23H23Cl2N3O3/c24-17-8-9-18(19(25)15-17)22(30)26-11-13-27(14-12-26)23(31)20-7-4-10-28(20)21(29)16-5-2-1-3-6-16/h1-3,5-6,8-9,15,20H,4,7,10-14H2. The molecule has 31 heavy (non-hydrogen) atoms. The molecule has 162 valence electrons. The molecule has 3 amide bonds. The van der Waals surface area contributed by atoms with Crippen LogP contribution in [-0.4, -0.2) is 71.2 Å². The van der Waals surface area contributed by atoms with Crippen molar-refractivity contribution in [3.8, 4) is 0 Å². The SMILES string of the molecule is O=C(c1ccc(Cl)cc1Cl)N1CCN(C(=O)C2CCCN2C(=O)c2ccccc2)CC1. The second-order valence-corrected chi connectivity index (χ2v) is 8.61. The summed E-state index contributed by atoms with van der Waals surface area (Å²) >= 11 is 12.1. The van der Waals surface area contributed by atoms with Crippen molar-refractivity contribution in [2.24, 2.45) is 0 Å². The van der Waals surface area contributed by atoms with E-state index in [1.54, 1.807) is 45.0 Å². The number of carbonyl (C=O) groups is 3. The largest absolute Gasteiger partial charge is 0.337 e. The molecule has 2 aliphatic heterocycles. The van der Waals surface area contributed by atoms with Crippen LogP contribution >= 0.6 is 23.2 Å². The quantitative estimate of drug-likeness (QED) is 0.704. The molecule has 4 rings (SSSR count). The number of hydrogen-bond donors (Lipinski definition) is 0. The topological polar surface area (TPSA) is 60.9 Å². The van der Waals surface area contributed by atoms with Gasteiger partial charge in [-0.25, -0.2) is 0 Å². The van der Waals surface area contributed by atoms with Gasteiger partial charge in [-0.15, -0.1) is 0 Å². The number of likely N-dealkylation sites (tertiary alicyclic amines) is 1. The number of halogens is 2. The second-order valence-electron chi connectivity index (χ2n) is 7.76. The van der Waals surface area contributed by atoms with Crippen molar-refractivity contribution in [2.75, 3.05) is 32.7 Å². The molecule has 6 nitrogen and oxygen atoms in total. The zero-order valence-corrected chi connectivity index (χ0v) is 18.5. The van der Waals surface area contributed by atoms with Gasteiger partial charge < -0.3 is 14.7 Å². The van der Waals surface area contributed by atoms with Crippen LogP contribution in [0.25, 0.3) is 0 Å². The second kappa shape index (κ2) is 9.28. The van der Waals surface area contributed by atoms with E-state index >= 15 is 0 Å². The van der Waals surface area contributed by atoms with Crippen molar-refractivity contribution in [2.45, 2.75) is 18.9 Å². The van der Waals surface area contributed by atoms with Gasteiger partial charge in [0.25, 0.3) is 11.8 Å². The van der Waals surface area contributed by atoms with Gasteiger partial charge in [-0.3, -0.25) is 14.4 Å². The number of amides is 3. The average molecular weight is 460 g/mol. The van der Waals surface area contributed by atoms with E-state index in [-0.39, 0.29) is 17.7 Å². The van der Waals surface area contributed by atoms with Crippen LogP contribution in [0.1, 0.15) is 33.6 Å². The summed E-state index contributed by atoms with van der Waals surface area (Å²) in [6.45, 7) is 2.28. The van der Waals surface area contributed by atoms with Crippen molar-refractivity contribution < 1.29 is 14.4 Å². The molecule has 2 fully saturated rings. The Labute approximate surface area is 191 Å². The van der Waals surface area contributed by atoms with Gasteiger partial charge in [-0.2, -0.15) is 0 Å². The lowest BCUT2D eigenvalue weighted by molar-refractivity contribution is -0.136. The Morgan fingerprint density at radius 2 is 1.48 bits per heavy atom. The fraction of sp³-hybridized carbons (Fsp3) is 0.348. The highest BCUT2D eigenvalue weighted by atomic mass is 35.5. The summed E-state index contributed by atoms with van der Waals surface area (Å²) in [5.74, 6) is -0.323. The first kappa shape index (κ1) is 21.7. The molecule has 2 heterocycles. The van der Waals surface area contributed by atoms with Gasteiger partial charge in [0.1, 0.15) is 6.04 Å². The summed E-state index contributed by atoms with van der Waals surface area (Å²) in [7, 11) is 0. The molecule has 0 spiro atoms. The number of rotatable bonds is 3. The fourth-order valence-corrected chi connectivity index (χ4v) is 4.68. The number of benzene rings is 2. The maximum absolute atomic E-state index is 13.2. The van der Waals surface area contributed by atoms with Crippen LogP contribution in [0.3, 0.4) is 0 Å². The average Bonchev–Trinajstić information content (AvgIpc) is 3.28. The molecule has 1 atom stereocenters. The Bertz CT molecular complexity index is 991. The molecule has 2 aromatic rings. The Morgan fingerprint density at radius 1 is 0.806 bits per heavy atom. The summed E-state index contributed by atoms with van der Waals surface area (Å²) in [5.41, 5.74) is 0.999. The minimum Gasteiger partial charge on any atom is -0.337 e. The maximum Gasteiger partial charge on any atom is 0.255 e. The number of nitrogens with zero attached hydrogens (tertiary/aromatic N) is 3. The van der Waals surface area contributed by atoms with Gasteiger partial charge in [-0.1, -0.05) is 41.4 Å². The van der Waals surface area contributed by atoms with E-state index in [2.05, 4.69) is 0 Å². The number of piperazine rings is 1. The molecule has 2 aliphatic rings. The van der Waals surface area contributed by atoms with Crippen molar-refractivity contribution in [1.29, 1.82) is 0 Å². The molecule has 0 aromatic heterocycles. The van der Waals surface area contributed by atoms with Crippen molar-refractivity contribution in [3.63, 3.8) is 0 Å². The summed E-state index contributed by atoms with van der Waals surface area (Å²) in [4.78, 5) is 44.0. The Balaban J connectivity index is 1.38. The van der Waals surface area contributed by atoms with Gasteiger partial charge in [-0.05, 0) is 43.2 Å². The van der Waals surface area contributed by atoms with Gasteiger partial charge in [0.2, 0.25) is 5.91 Å². The van der Waals surface area contributed by atoms with Gasteiger partial charge in [0.05, 0.1) is 10.6 Å². The van der Waals surface area contributed by atoms with Gasteiger partial charge >= 0.3 is 0 Å². The van der Waals surface area contributed by atoms with Gasteiger partial charge in [0.15, 0.2) is 0 Å². The summed E-state index contributed by atoms with van der Waals surface area (Å²) in [6.07, 6.45) is 1.47. The van der Waals surface area contributed by atoms with E-state index in [1.807, 2.05) is 18.2 Å². The highest BCUT2D eigenvalue weighted by molar-refractivity contribution is 6.36. The minimum atomic E-state index is -0.444. The molecule has 0 aliphatic carbocycles. The summed E-state index contributed by atoms with van der Waals surface area (Å²) in [5, 5.41) is 0.792. The zero-order chi connectivity index (χ0) is 22.0. The van der Waals surface area contributed by atoms with Crippen LogP contribution < -0.4 is 0 Å². The van der Waals surface area contributed by atoms with Gasteiger partial charge in [0, 0.05) is 43.3 Å². The molecule has 0 saturated carbocycles. The highest BCUT2D eigenvalue weighted by Gasteiger charge is 2.38. The van der Waals surface area contributed by atoms with Crippen molar-refractivity contribution in [1.82, 2.24) is 14.7 Å². The molecule has 1 unspecified atom stereocenters. The third-order valence-corrected chi connectivity index (χ3v) is 6.41. The molecule has 0 bridgehead atoms. The Hall–Kier alpha value is -2.57. The molecular formula is C23H23Cl2N3O3. The first-order valence-electron chi connectivity index (χ1n) is 10.3. The molecule has 0 N–H and O–H groups in total. The lowest BCUT2D eigenvalue weighted by Gasteiger charge is -2.37. The van der Waals surface area contributed by atoms with Crippen LogP contribution in [0.4, 0.5) is 0 Å². The molecule has 8 heteroatoms. The fourth-order valence-electron chi connectivity index (χ4n) is 4.19. The normalized spacial score (nSPS) is 18.9. The molecule has 0 radical (unpaired) electrons. The van der Waals surface area contributed by atoms with Crippen LogP contribution in [0.2, 0.25) is 10.0 Å². The van der Waals surface area contributed by atoms with Crippen LogP contribution in [0, 0.1) is 0 Å².